The van der Waals surface area contributed by atoms with Gasteiger partial charge in [-0.05, 0) is 0 Å². The van der Waals surface area contributed by atoms with Gasteiger partial charge >= 0.3 is 0 Å². The molecule has 0 aliphatic heterocycles. The van der Waals surface area contributed by atoms with Crippen LogP contribution < -0.4 is 0 Å². The molecular weight excluding hydrogens is 152 g/mol. The Morgan fingerprint density at radius 1 is 1.42 bits per heavy atom. The third-order valence-corrected chi connectivity index (χ3v) is 1.46. The second-order valence-corrected chi connectivity index (χ2v) is 2.39. The third-order valence-electron chi connectivity index (χ3n) is 1.46. The second-order valence-electron chi connectivity index (χ2n) is 2.39. The SMILES string of the molecule is C=CCO[C@H](O)c1ccccc1. The Bertz CT molecular complexity index is 231. The lowest BCUT2D eigenvalue weighted by Crippen LogP contribution is -2.02. The van der Waals surface area contributed by atoms with E-state index in [1.165, 1.54) is 0 Å². The fraction of sp³-hybridized carbons (Fsp3) is 0.200. The zero-order chi connectivity index (χ0) is 8.81. The summed E-state index contributed by atoms with van der Waals surface area (Å²) in [4.78, 5) is 0. The Labute approximate surface area is 72.1 Å². The molecule has 0 aliphatic rings. The molecule has 0 saturated heterocycles. The number of ether oxygens (including phenoxy) is 1. The smallest absolute Gasteiger partial charge is 0.181 e. The molecule has 1 aromatic carbocycles. The molecule has 0 bridgehead atoms. The zero-order valence-corrected chi connectivity index (χ0v) is 6.81. The first kappa shape index (κ1) is 8.97. The van der Waals surface area contributed by atoms with Crippen molar-refractivity contribution < 1.29 is 9.84 Å². The van der Waals surface area contributed by atoms with Crippen molar-refractivity contribution in [1.29, 1.82) is 0 Å². The Morgan fingerprint density at radius 2 is 2.08 bits per heavy atom. The van der Waals surface area contributed by atoms with Crippen LogP contribution in [0.15, 0.2) is 43.0 Å². The molecule has 0 aromatic heterocycles. The van der Waals surface area contributed by atoms with Crippen LogP contribution in [0.25, 0.3) is 0 Å². The fourth-order valence-electron chi connectivity index (χ4n) is 0.873. The van der Waals surface area contributed by atoms with Crippen LogP contribution in [0.4, 0.5) is 0 Å². The van der Waals surface area contributed by atoms with Crippen LogP contribution in [0.5, 0.6) is 0 Å². The van der Waals surface area contributed by atoms with Crippen LogP contribution in [-0.2, 0) is 4.74 Å². The molecule has 1 atom stereocenters. The van der Waals surface area contributed by atoms with Gasteiger partial charge in [-0.3, -0.25) is 0 Å². The molecule has 0 aliphatic carbocycles. The van der Waals surface area contributed by atoms with E-state index in [0.29, 0.717) is 6.61 Å². The first-order valence-electron chi connectivity index (χ1n) is 3.80. The van der Waals surface area contributed by atoms with E-state index in [2.05, 4.69) is 6.58 Å². The van der Waals surface area contributed by atoms with Crippen molar-refractivity contribution in [3.05, 3.63) is 48.6 Å². The van der Waals surface area contributed by atoms with Crippen LogP contribution in [0.1, 0.15) is 11.9 Å². The molecule has 0 spiro atoms. The average molecular weight is 164 g/mol. The molecule has 0 radical (unpaired) electrons. The van der Waals surface area contributed by atoms with Crippen LogP contribution in [0.2, 0.25) is 0 Å². The second kappa shape index (κ2) is 4.70. The Balaban J connectivity index is 2.53. The summed E-state index contributed by atoms with van der Waals surface area (Å²) < 4.78 is 5.01. The van der Waals surface area contributed by atoms with Gasteiger partial charge in [0.1, 0.15) is 0 Å². The van der Waals surface area contributed by atoms with E-state index in [1.807, 2.05) is 30.3 Å². The number of hydrogen-bond acceptors (Lipinski definition) is 2. The molecule has 0 unspecified atom stereocenters. The minimum Gasteiger partial charge on any atom is -0.364 e. The minimum absolute atomic E-state index is 0.357. The predicted octanol–water partition coefficient (Wildman–Crippen LogP) is 1.88. The van der Waals surface area contributed by atoms with Gasteiger partial charge in [0.25, 0.3) is 0 Å². The third kappa shape index (κ3) is 2.49. The van der Waals surface area contributed by atoms with Crippen molar-refractivity contribution in [3.8, 4) is 0 Å². The molecular formula is C10H12O2. The zero-order valence-electron chi connectivity index (χ0n) is 6.81. The summed E-state index contributed by atoms with van der Waals surface area (Å²) in [5.41, 5.74) is 0.763. The van der Waals surface area contributed by atoms with E-state index in [4.69, 9.17) is 4.74 Å². The summed E-state index contributed by atoms with van der Waals surface area (Å²) >= 11 is 0. The Hall–Kier alpha value is -1.12. The van der Waals surface area contributed by atoms with E-state index >= 15 is 0 Å². The summed E-state index contributed by atoms with van der Waals surface area (Å²) in [5, 5.41) is 9.38. The van der Waals surface area contributed by atoms with Gasteiger partial charge in [-0.15, -0.1) is 6.58 Å². The van der Waals surface area contributed by atoms with Crippen LogP contribution in [0, 0.1) is 0 Å². The maximum Gasteiger partial charge on any atom is 0.181 e. The lowest BCUT2D eigenvalue weighted by molar-refractivity contribution is -0.0920. The van der Waals surface area contributed by atoms with Crippen molar-refractivity contribution in [3.63, 3.8) is 0 Å². The van der Waals surface area contributed by atoms with Crippen molar-refractivity contribution >= 4 is 0 Å². The standard InChI is InChI=1S/C10H12O2/c1-2-8-12-10(11)9-6-4-3-5-7-9/h2-7,10-11H,1,8H2/t10-/m0/s1. The van der Waals surface area contributed by atoms with Crippen LogP contribution in [0.3, 0.4) is 0 Å². The number of rotatable bonds is 4. The van der Waals surface area contributed by atoms with Crippen molar-refractivity contribution in [1.82, 2.24) is 0 Å². The predicted molar refractivity (Wildman–Crippen MR) is 47.6 cm³/mol. The van der Waals surface area contributed by atoms with Crippen LogP contribution in [-0.4, -0.2) is 11.7 Å². The maximum atomic E-state index is 9.38. The largest absolute Gasteiger partial charge is 0.364 e. The number of benzene rings is 1. The van der Waals surface area contributed by atoms with Gasteiger partial charge < -0.3 is 9.84 Å². The monoisotopic (exact) mass is 164 g/mol. The molecule has 0 heterocycles. The van der Waals surface area contributed by atoms with Gasteiger partial charge in [0, 0.05) is 5.56 Å². The lowest BCUT2D eigenvalue weighted by atomic mass is 10.2. The minimum atomic E-state index is -0.843. The Kier molecular flexibility index (Phi) is 3.51. The molecule has 1 rings (SSSR count). The molecule has 0 amide bonds. The van der Waals surface area contributed by atoms with Crippen molar-refractivity contribution in [2.75, 3.05) is 6.61 Å². The fourth-order valence-corrected chi connectivity index (χ4v) is 0.873. The highest BCUT2D eigenvalue weighted by Gasteiger charge is 2.03. The van der Waals surface area contributed by atoms with Gasteiger partial charge in [-0.2, -0.15) is 0 Å². The Morgan fingerprint density at radius 3 is 2.67 bits per heavy atom. The van der Waals surface area contributed by atoms with Gasteiger partial charge in [-0.1, -0.05) is 36.4 Å². The van der Waals surface area contributed by atoms with Gasteiger partial charge in [0.15, 0.2) is 6.29 Å². The quantitative estimate of drug-likeness (QED) is 0.544. The molecule has 1 aromatic rings. The number of aliphatic hydroxyl groups is 1. The van der Waals surface area contributed by atoms with E-state index in [1.54, 1.807) is 6.08 Å². The van der Waals surface area contributed by atoms with E-state index in [0.717, 1.165) is 5.56 Å². The number of aliphatic hydroxyl groups excluding tert-OH is 1. The summed E-state index contributed by atoms with van der Waals surface area (Å²) in [6.07, 6.45) is 0.760. The normalized spacial score (nSPS) is 12.4. The van der Waals surface area contributed by atoms with Crippen molar-refractivity contribution in [2.24, 2.45) is 0 Å². The molecule has 2 nitrogen and oxygen atoms in total. The topological polar surface area (TPSA) is 29.5 Å². The molecule has 64 valence electrons. The summed E-state index contributed by atoms with van der Waals surface area (Å²) in [6.45, 7) is 3.85. The molecule has 0 fully saturated rings. The van der Waals surface area contributed by atoms with Gasteiger partial charge in [0.05, 0.1) is 6.61 Å². The summed E-state index contributed by atoms with van der Waals surface area (Å²) in [7, 11) is 0. The molecule has 1 N–H and O–H groups in total. The highest BCUT2D eigenvalue weighted by molar-refractivity contribution is 5.15. The van der Waals surface area contributed by atoms with E-state index < -0.39 is 6.29 Å². The van der Waals surface area contributed by atoms with Crippen LogP contribution >= 0.6 is 0 Å². The van der Waals surface area contributed by atoms with E-state index in [9.17, 15) is 5.11 Å². The summed E-state index contributed by atoms with van der Waals surface area (Å²) in [6, 6.07) is 9.23. The van der Waals surface area contributed by atoms with Gasteiger partial charge in [-0.25, -0.2) is 0 Å². The van der Waals surface area contributed by atoms with Gasteiger partial charge in [0.2, 0.25) is 0 Å². The maximum absolute atomic E-state index is 9.38. The lowest BCUT2D eigenvalue weighted by Gasteiger charge is -2.09. The van der Waals surface area contributed by atoms with Crippen molar-refractivity contribution in [2.45, 2.75) is 6.29 Å². The number of hydrogen-bond donors (Lipinski definition) is 1. The molecule has 0 saturated carbocycles. The first-order valence-corrected chi connectivity index (χ1v) is 3.80. The van der Waals surface area contributed by atoms with E-state index in [-0.39, 0.29) is 0 Å². The molecule has 12 heavy (non-hydrogen) atoms. The average Bonchev–Trinajstić information content (AvgIpc) is 2.15. The summed E-state index contributed by atoms with van der Waals surface area (Å²) in [5.74, 6) is 0. The first-order chi connectivity index (χ1) is 5.84. The highest BCUT2D eigenvalue weighted by Crippen LogP contribution is 2.12. The highest BCUT2D eigenvalue weighted by atomic mass is 16.6. The molecule has 2 heteroatoms.